The molecule has 0 aliphatic carbocycles. The molecular formula is C23H23N5O3S2. The molecule has 1 saturated heterocycles. The van der Waals surface area contributed by atoms with E-state index in [4.69, 9.17) is 4.74 Å². The van der Waals surface area contributed by atoms with Gasteiger partial charge in [-0.15, -0.1) is 11.3 Å². The van der Waals surface area contributed by atoms with Crippen LogP contribution in [0.2, 0.25) is 0 Å². The van der Waals surface area contributed by atoms with Gasteiger partial charge in [-0.25, -0.2) is 9.67 Å². The maximum atomic E-state index is 13.3. The summed E-state index contributed by atoms with van der Waals surface area (Å²) < 4.78 is 7.42. The van der Waals surface area contributed by atoms with E-state index in [-0.39, 0.29) is 18.0 Å². The summed E-state index contributed by atoms with van der Waals surface area (Å²) in [5.74, 6) is -0.304. The number of para-hydroxylation sites is 1. The van der Waals surface area contributed by atoms with E-state index >= 15 is 0 Å². The number of amides is 1. The zero-order valence-electron chi connectivity index (χ0n) is 18.3. The number of thiophene rings is 1. The van der Waals surface area contributed by atoms with Crippen molar-refractivity contribution in [1.29, 1.82) is 0 Å². The highest BCUT2D eigenvalue weighted by atomic mass is 32.1. The molecule has 1 aliphatic rings. The lowest BCUT2D eigenvalue weighted by atomic mass is 10.1. The van der Waals surface area contributed by atoms with Crippen molar-refractivity contribution < 1.29 is 9.53 Å². The minimum absolute atomic E-state index is 0.189. The summed E-state index contributed by atoms with van der Waals surface area (Å²) in [6, 6.07) is 9.74. The van der Waals surface area contributed by atoms with E-state index in [1.165, 1.54) is 16.0 Å². The Morgan fingerprint density at radius 3 is 2.61 bits per heavy atom. The molecule has 10 heteroatoms. The number of carbonyl (C=O) groups excluding carboxylic acids is 1. The van der Waals surface area contributed by atoms with Gasteiger partial charge >= 0.3 is 0 Å². The predicted octanol–water partition coefficient (Wildman–Crippen LogP) is 3.67. The molecule has 1 aromatic carbocycles. The maximum Gasteiger partial charge on any atom is 0.294 e. The van der Waals surface area contributed by atoms with Gasteiger partial charge < -0.3 is 15.0 Å². The normalized spacial score (nSPS) is 14.1. The number of benzene rings is 1. The molecule has 0 saturated carbocycles. The first-order valence-electron chi connectivity index (χ1n) is 10.7. The van der Waals surface area contributed by atoms with Gasteiger partial charge in [-0.2, -0.15) is 5.10 Å². The molecule has 0 atom stereocenters. The summed E-state index contributed by atoms with van der Waals surface area (Å²) in [7, 11) is 0. The molecule has 0 radical (unpaired) electrons. The summed E-state index contributed by atoms with van der Waals surface area (Å²) in [5, 5.41) is 10.3. The summed E-state index contributed by atoms with van der Waals surface area (Å²) >= 11 is 3.01. The first-order valence-corrected chi connectivity index (χ1v) is 12.3. The van der Waals surface area contributed by atoms with E-state index in [0.29, 0.717) is 24.4 Å². The third-order valence-corrected chi connectivity index (χ3v) is 7.56. The second-order valence-electron chi connectivity index (χ2n) is 7.88. The molecule has 33 heavy (non-hydrogen) atoms. The van der Waals surface area contributed by atoms with Gasteiger partial charge in [0, 0.05) is 18.8 Å². The third-order valence-electron chi connectivity index (χ3n) is 5.56. The highest BCUT2D eigenvalue weighted by Gasteiger charge is 2.22. The number of anilines is 2. The maximum absolute atomic E-state index is 13.3. The zero-order valence-corrected chi connectivity index (χ0v) is 20.0. The molecule has 4 heterocycles. The molecule has 1 fully saturated rings. The van der Waals surface area contributed by atoms with Crippen LogP contribution in [-0.4, -0.2) is 47.0 Å². The van der Waals surface area contributed by atoms with E-state index in [1.54, 1.807) is 11.3 Å². The molecule has 8 nitrogen and oxygen atoms in total. The Balaban J connectivity index is 1.54. The first kappa shape index (κ1) is 21.7. The van der Waals surface area contributed by atoms with Crippen LogP contribution in [0.3, 0.4) is 0 Å². The Hall–Kier alpha value is -3.08. The van der Waals surface area contributed by atoms with E-state index in [1.807, 2.05) is 49.6 Å². The van der Waals surface area contributed by atoms with Crippen LogP contribution in [0.15, 0.2) is 40.5 Å². The Morgan fingerprint density at radius 2 is 1.91 bits per heavy atom. The molecule has 1 amide bonds. The fourth-order valence-corrected chi connectivity index (χ4v) is 5.73. The number of hydrogen-bond donors (Lipinski definition) is 1. The Kier molecular flexibility index (Phi) is 5.96. The van der Waals surface area contributed by atoms with Gasteiger partial charge in [0.25, 0.3) is 5.56 Å². The average Bonchev–Trinajstić information content (AvgIpc) is 3.50. The number of thiazole rings is 1. The fourth-order valence-electron chi connectivity index (χ4n) is 3.85. The van der Waals surface area contributed by atoms with E-state index in [2.05, 4.69) is 20.3 Å². The second kappa shape index (κ2) is 9.05. The highest BCUT2D eigenvalue weighted by molar-refractivity contribution is 7.23. The Labute approximate surface area is 198 Å². The SMILES string of the molecule is Cc1cccc(C)c1NC(=O)Cn1nc(-c2cccs2)c2sc(N3CCOCC3)nc2c1=O. The fraction of sp³-hybridized carbons (Fsp3) is 0.304. The summed E-state index contributed by atoms with van der Waals surface area (Å²) in [6.07, 6.45) is 0. The van der Waals surface area contributed by atoms with E-state index < -0.39 is 0 Å². The molecular weight excluding hydrogens is 458 g/mol. The van der Waals surface area contributed by atoms with Gasteiger partial charge in [0.05, 0.1) is 22.8 Å². The van der Waals surface area contributed by atoms with Crippen molar-refractivity contribution in [3.8, 4) is 10.6 Å². The van der Waals surface area contributed by atoms with Crippen LogP contribution >= 0.6 is 22.7 Å². The van der Waals surface area contributed by atoms with Crippen LogP contribution in [0, 0.1) is 13.8 Å². The van der Waals surface area contributed by atoms with Gasteiger partial charge in [-0.3, -0.25) is 9.59 Å². The Morgan fingerprint density at radius 1 is 1.15 bits per heavy atom. The molecule has 5 rings (SSSR count). The van der Waals surface area contributed by atoms with E-state index in [0.717, 1.165) is 44.6 Å². The van der Waals surface area contributed by atoms with Crippen molar-refractivity contribution in [2.45, 2.75) is 20.4 Å². The summed E-state index contributed by atoms with van der Waals surface area (Å²) in [4.78, 5) is 33.9. The van der Waals surface area contributed by atoms with E-state index in [9.17, 15) is 9.59 Å². The van der Waals surface area contributed by atoms with Crippen LogP contribution in [0.1, 0.15) is 11.1 Å². The monoisotopic (exact) mass is 481 g/mol. The molecule has 0 bridgehead atoms. The molecule has 170 valence electrons. The number of nitrogens with one attached hydrogen (secondary N) is 1. The standard InChI is InChI=1S/C23H23N5O3S2/c1-14-5-3-6-15(2)18(14)24-17(29)13-28-22(30)20-21(19(26-28)16-7-4-12-32-16)33-23(25-20)27-8-10-31-11-9-27/h3-7,12H,8-11,13H2,1-2H3,(H,24,29). The summed E-state index contributed by atoms with van der Waals surface area (Å²) in [6.45, 7) is 6.42. The smallest absolute Gasteiger partial charge is 0.294 e. The molecule has 0 unspecified atom stereocenters. The van der Waals surface area contributed by atoms with Crippen molar-refractivity contribution in [1.82, 2.24) is 14.8 Å². The second-order valence-corrected chi connectivity index (χ2v) is 9.80. The first-order chi connectivity index (χ1) is 16.0. The molecule has 1 N–H and O–H groups in total. The van der Waals surface area contributed by atoms with Crippen LogP contribution in [0.5, 0.6) is 0 Å². The number of ether oxygens (including phenoxy) is 1. The topological polar surface area (TPSA) is 89.3 Å². The highest BCUT2D eigenvalue weighted by Crippen LogP contribution is 2.35. The molecule has 3 aromatic heterocycles. The minimum atomic E-state index is -0.363. The number of fused-ring (bicyclic) bond motifs is 1. The van der Waals surface area contributed by atoms with Crippen molar-refractivity contribution in [3.63, 3.8) is 0 Å². The van der Waals surface area contributed by atoms with Gasteiger partial charge in [0.1, 0.15) is 12.2 Å². The molecule has 1 aliphatic heterocycles. The summed E-state index contributed by atoms with van der Waals surface area (Å²) in [5.41, 5.74) is 3.36. The Bertz CT molecular complexity index is 1350. The van der Waals surface area contributed by atoms with Crippen LogP contribution in [0.4, 0.5) is 10.8 Å². The number of rotatable bonds is 5. The van der Waals surface area contributed by atoms with Crippen LogP contribution < -0.4 is 15.8 Å². The van der Waals surface area contributed by atoms with Crippen molar-refractivity contribution in [3.05, 3.63) is 57.2 Å². The lowest BCUT2D eigenvalue weighted by Crippen LogP contribution is -2.36. The van der Waals surface area contributed by atoms with Crippen LogP contribution in [-0.2, 0) is 16.1 Å². The average molecular weight is 482 g/mol. The zero-order chi connectivity index (χ0) is 22.9. The number of morpholine rings is 1. The lowest BCUT2D eigenvalue weighted by Gasteiger charge is -2.25. The lowest BCUT2D eigenvalue weighted by molar-refractivity contribution is -0.117. The largest absolute Gasteiger partial charge is 0.378 e. The van der Waals surface area contributed by atoms with Crippen LogP contribution in [0.25, 0.3) is 20.8 Å². The van der Waals surface area contributed by atoms with Crippen molar-refractivity contribution in [2.75, 3.05) is 36.5 Å². The minimum Gasteiger partial charge on any atom is -0.378 e. The number of nitrogens with zero attached hydrogens (tertiary/aromatic N) is 4. The van der Waals surface area contributed by atoms with Gasteiger partial charge in [-0.1, -0.05) is 35.6 Å². The number of aryl methyl sites for hydroxylation is 2. The van der Waals surface area contributed by atoms with Gasteiger partial charge in [-0.05, 0) is 36.4 Å². The molecule has 0 spiro atoms. The quantitative estimate of drug-likeness (QED) is 0.468. The van der Waals surface area contributed by atoms with Gasteiger partial charge in [0.2, 0.25) is 5.91 Å². The number of carbonyl (C=O) groups is 1. The molecule has 4 aromatic rings. The predicted molar refractivity (Wildman–Crippen MR) is 133 cm³/mol. The van der Waals surface area contributed by atoms with Crippen molar-refractivity contribution >= 4 is 49.6 Å². The van der Waals surface area contributed by atoms with Crippen molar-refractivity contribution in [2.24, 2.45) is 0 Å². The number of hydrogen-bond acceptors (Lipinski definition) is 8. The third kappa shape index (κ3) is 4.29. The number of aromatic nitrogens is 3. The van der Waals surface area contributed by atoms with Gasteiger partial charge in [0.15, 0.2) is 10.6 Å².